The van der Waals surface area contributed by atoms with Gasteiger partial charge >= 0.3 is 11.9 Å². The molecule has 0 radical (unpaired) electrons. The lowest BCUT2D eigenvalue weighted by Gasteiger charge is -2.16. The maximum absolute atomic E-state index is 11.8. The molecule has 2 atom stereocenters. The zero-order chi connectivity index (χ0) is 19.6. The SMILES string of the molecule is CCCCCCCCC(CCCCCC)CCC(=O)OC(=O)C(O)CO. The Morgan fingerprint density at radius 1 is 0.808 bits per heavy atom. The van der Waals surface area contributed by atoms with Gasteiger partial charge in [-0.15, -0.1) is 0 Å². The van der Waals surface area contributed by atoms with Gasteiger partial charge < -0.3 is 14.9 Å². The van der Waals surface area contributed by atoms with Crippen LogP contribution in [0, 0.1) is 5.92 Å². The van der Waals surface area contributed by atoms with Crippen molar-refractivity contribution in [2.75, 3.05) is 6.61 Å². The Bertz CT molecular complexity index is 356. The summed E-state index contributed by atoms with van der Waals surface area (Å²) in [5.74, 6) is -1.18. The fraction of sp³-hybridized carbons (Fsp3) is 0.905. The summed E-state index contributed by atoms with van der Waals surface area (Å²) < 4.78 is 4.58. The van der Waals surface area contributed by atoms with Crippen molar-refractivity contribution in [1.29, 1.82) is 0 Å². The third-order valence-corrected chi connectivity index (χ3v) is 4.85. The third-order valence-electron chi connectivity index (χ3n) is 4.85. The second-order valence-corrected chi connectivity index (χ2v) is 7.30. The van der Waals surface area contributed by atoms with Crippen molar-refractivity contribution >= 4 is 11.9 Å². The van der Waals surface area contributed by atoms with Gasteiger partial charge in [0.25, 0.3) is 0 Å². The molecule has 154 valence electrons. The molecule has 0 aliphatic rings. The summed E-state index contributed by atoms with van der Waals surface area (Å²) in [5, 5.41) is 17.8. The Kier molecular flexibility index (Phi) is 16.8. The summed E-state index contributed by atoms with van der Waals surface area (Å²) in [6, 6.07) is 0. The Morgan fingerprint density at radius 2 is 1.31 bits per heavy atom. The monoisotopic (exact) mass is 372 g/mol. The molecule has 0 aliphatic carbocycles. The standard InChI is InChI=1S/C21H40O5/c1-3-5-7-9-10-12-14-18(13-11-8-6-4-2)15-16-20(24)26-21(25)19(23)17-22/h18-19,22-23H,3-17H2,1-2H3. The van der Waals surface area contributed by atoms with Crippen molar-refractivity contribution in [3.8, 4) is 0 Å². The molecule has 2 N–H and O–H groups in total. The first-order valence-electron chi connectivity index (χ1n) is 10.6. The molecule has 0 bridgehead atoms. The zero-order valence-corrected chi connectivity index (χ0v) is 16.9. The van der Waals surface area contributed by atoms with Gasteiger partial charge in [0.2, 0.25) is 0 Å². The quantitative estimate of drug-likeness (QED) is 0.223. The highest BCUT2D eigenvalue weighted by Gasteiger charge is 2.20. The van der Waals surface area contributed by atoms with Gasteiger partial charge in [0.15, 0.2) is 6.10 Å². The molecule has 0 amide bonds. The predicted molar refractivity (Wildman–Crippen MR) is 104 cm³/mol. The van der Waals surface area contributed by atoms with Crippen molar-refractivity contribution in [2.24, 2.45) is 5.92 Å². The molecule has 5 heteroatoms. The summed E-state index contributed by atoms with van der Waals surface area (Å²) in [4.78, 5) is 23.1. The topological polar surface area (TPSA) is 83.8 Å². The summed E-state index contributed by atoms with van der Waals surface area (Å²) in [6.45, 7) is 3.68. The Balaban J connectivity index is 4.15. The Morgan fingerprint density at radius 3 is 1.85 bits per heavy atom. The van der Waals surface area contributed by atoms with E-state index in [9.17, 15) is 9.59 Å². The Hall–Kier alpha value is -0.940. The molecule has 0 saturated heterocycles. The first-order valence-corrected chi connectivity index (χ1v) is 10.6. The van der Waals surface area contributed by atoms with E-state index in [-0.39, 0.29) is 6.42 Å². The van der Waals surface area contributed by atoms with E-state index in [1.54, 1.807) is 0 Å². The van der Waals surface area contributed by atoms with Crippen molar-refractivity contribution in [3.05, 3.63) is 0 Å². The number of esters is 2. The maximum Gasteiger partial charge on any atom is 0.345 e. The summed E-state index contributed by atoms with van der Waals surface area (Å²) >= 11 is 0. The van der Waals surface area contributed by atoms with E-state index in [1.165, 1.54) is 64.2 Å². The number of hydrogen-bond acceptors (Lipinski definition) is 5. The first-order chi connectivity index (χ1) is 12.5. The van der Waals surface area contributed by atoms with E-state index in [0.29, 0.717) is 5.92 Å². The molecule has 0 rings (SSSR count). The highest BCUT2D eigenvalue weighted by Crippen LogP contribution is 2.23. The number of carbonyl (C=O) groups excluding carboxylic acids is 2. The first kappa shape index (κ1) is 25.1. The minimum absolute atomic E-state index is 0.193. The van der Waals surface area contributed by atoms with Crippen molar-refractivity contribution in [2.45, 2.75) is 110 Å². The van der Waals surface area contributed by atoms with Gasteiger partial charge in [0.1, 0.15) is 0 Å². The predicted octanol–water partition coefficient (Wildman–Crippen LogP) is 4.53. The van der Waals surface area contributed by atoms with Gasteiger partial charge in [-0.25, -0.2) is 4.79 Å². The second kappa shape index (κ2) is 17.5. The van der Waals surface area contributed by atoms with Gasteiger partial charge in [-0.3, -0.25) is 4.79 Å². The van der Waals surface area contributed by atoms with Gasteiger partial charge in [0.05, 0.1) is 6.61 Å². The van der Waals surface area contributed by atoms with Crippen LogP contribution in [0.1, 0.15) is 104 Å². The van der Waals surface area contributed by atoms with Crippen molar-refractivity contribution in [1.82, 2.24) is 0 Å². The van der Waals surface area contributed by atoms with Crippen molar-refractivity contribution < 1.29 is 24.5 Å². The molecule has 0 aromatic rings. The van der Waals surface area contributed by atoms with E-state index < -0.39 is 24.6 Å². The van der Waals surface area contributed by atoms with Crippen LogP contribution in [0.15, 0.2) is 0 Å². The average Bonchev–Trinajstić information content (AvgIpc) is 2.64. The fourth-order valence-electron chi connectivity index (χ4n) is 3.13. The lowest BCUT2D eigenvalue weighted by atomic mass is 9.90. The minimum atomic E-state index is -1.63. The number of aliphatic hydroxyl groups excluding tert-OH is 2. The zero-order valence-electron chi connectivity index (χ0n) is 16.9. The van der Waals surface area contributed by atoms with Crippen LogP contribution < -0.4 is 0 Å². The van der Waals surface area contributed by atoms with Crippen molar-refractivity contribution in [3.63, 3.8) is 0 Å². The molecule has 0 fully saturated rings. The van der Waals surface area contributed by atoms with Crippen LogP contribution in [-0.4, -0.2) is 34.9 Å². The van der Waals surface area contributed by atoms with Gasteiger partial charge in [-0.05, 0) is 12.3 Å². The molecule has 0 spiro atoms. The summed E-state index contributed by atoms with van der Waals surface area (Å²) in [7, 11) is 0. The van der Waals surface area contributed by atoms with Crippen LogP contribution in [0.25, 0.3) is 0 Å². The van der Waals surface area contributed by atoms with E-state index in [4.69, 9.17) is 10.2 Å². The van der Waals surface area contributed by atoms with E-state index in [2.05, 4.69) is 18.6 Å². The molecular weight excluding hydrogens is 332 g/mol. The number of unbranched alkanes of at least 4 members (excludes halogenated alkanes) is 8. The molecule has 0 aromatic heterocycles. The third kappa shape index (κ3) is 14.3. The van der Waals surface area contributed by atoms with Crippen LogP contribution in [-0.2, 0) is 14.3 Å². The number of ether oxygens (including phenoxy) is 1. The van der Waals surface area contributed by atoms with E-state index in [0.717, 1.165) is 19.3 Å². The molecule has 0 aliphatic heterocycles. The van der Waals surface area contributed by atoms with Gasteiger partial charge in [-0.2, -0.15) is 0 Å². The lowest BCUT2D eigenvalue weighted by molar-refractivity contribution is -0.167. The van der Waals surface area contributed by atoms with E-state index in [1.807, 2.05) is 0 Å². The molecular formula is C21H40O5. The highest BCUT2D eigenvalue weighted by molar-refractivity contribution is 5.87. The van der Waals surface area contributed by atoms with Crippen LogP contribution in [0.5, 0.6) is 0 Å². The summed E-state index contributed by atoms with van der Waals surface area (Å²) in [6.07, 6.45) is 14.0. The van der Waals surface area contributed by atoms with Crippen LogP contribution in [0.3, 0.4) is 0 Å². The molecule has 0 heterocycles. The normalized spacial score (nSPS) is 13.4. The summed E-state index contributed by atoms with van der Waals surface area (Å²) in [5.41, 5.74) is 0. The lowest BCUT2D eigenvalue weighted by Crippen LogP contribution is -2.28. The molecule has 2 unspecified atom stereocenters. The minimum Gasteiger partial charge on any atom is -0.393 e. The molecule has 0 saturated carbocycles. The highest BCUT2D eigenvalue weighted by atomic mass is 16.6. The smallest absolute Gasteiger partial charge is 0.345 e. The second-order valence-electron chi connectivity index (χ2n) is 7.30. The average molecular weight is 373 g/mol. The maximum atomic E-state index is 11.8. The molecule has 0 aromatic carbocycles. The number of rotatable bonds is 17. The molecule has 5 nitrogen and oxygen atoms in total. The van der Waals surface area contributed by atoms with Gasteiger partial charge in [-0.1, -0.05) is 90.9 Å². The fourth-order valence-corrected chi connectivity index (χ4v) is 3.13. The van der Waals surface area contributed by atoms with Gasteiger partial charge in [0, 0.05) is 6.42 Å². The van der Waals surface area contributed by atoms with Crippen LogP contribution in [0.2, 0.25) is 0 Å². The Labute approximate surface area is 159 Å². The van der Waals surface area contributed by atoms with Crippen LogP contribution >= 0.6 is 0 Å². The number of hydrogen-bond donors (Lipinski definition) is 2. The molecule has 26 heavy (non-hydrogen) atoms. The number of carbonyl (C=O) groups is 2. The largest absolute Gasteiger partial charge is 0.393 e. The van der Waals surface area contributed by atoms with Crippen LogP contribution in [0.4, 0.5) is 0 Å². The number of aliphatic hydroxyl groups is 2. The van der Waals surface area contributed by atoms with E-state index >= 15 is 0 Å².